The molecule has 20 heavy (non-hydrogen) atoms. The monoisotopic (exact) mass is 273 g/mol. The number of rotatable bonds is 5. The Hall–Kier alpha value is -1.81. The Kier molecular flexibility index (Phi) is 4.45. The van der Waals surface area contributed by atoms with E-state index in [4.69, 9.17) is 4.74 Å². The fraction of sp³-hybridized carbons (Fsp3) is 0.438. The van der Waals surface area contributed by atoms with E-state index in [1.54, 1.807) is 6.20 Å². The van der Waals surface area contributed by atoms with Gasteiger partial charge in [-0.2, -0.15) is 0 Å². The molecule has 0 aliphatic heterocycles. The van der Waals surface area contributed by atoms with Crippen LogP contribution in [0.3, 0.4) is 0 Å². The van der Waals surface area contributed by atoms with E-state index >= 15 is 0 Å². The van der Waals surface area contributed by atoms with Crippen LogP contribution in [0.5, 0.6) is 5.75 Å². The van der Waals surface area contributed by atoms with Crippen LogP contribution in [-0.2, 0) is 20.2 Å². The number of aryl methyl sites for hydroxylation is 1. The van der Waals surface area contributed by atoms with Gasteiger partial charge in [-0.05, 0) is 38.5 Å². The molecular formula is C16H23N3O. The molecule has 0 amide bonds. The predicted molar refractivity (Wildman–Crippen MR) is 80.6 cm³/mol. The molecule has 0 aliphatic carbocycles. The van der Waals surface area contributed by atoms with Gasteiger partial charge in [-0.3, -0.25) is 0 Å². The number of aromatic nitrogens is 2. The molecule has 0 radical (unpaired) electrons. The highest BCUT2D eigenvalue weighted by Crippen LogP contribution is 2.15. The van der Waals surface area contributed by atoms with E-state index in [2.05, 4.69) is 43.2 Å². The minimum Gasteiger partial charge on any atom is -0.486 e. The van der Waals surface area contributed by atoms with Crippen LogP contribution < -0.4 is 10.1 Å². The van der Waals surface area contributed by atoms with Gasteiger partial charge in [0.15, 0.2) is 0 Å². The molecule has 4 nitrogen and oxygen atoms in total. The lowest BCUT2D eigenvalue weighted by Crippen LogP contribution is -2.35. The summed E-state index contributed by atoms with van der Waals surface area (Å²) in [7, 11) is 1.97. The van der Waals surface area contributed by atoms with E-state index in [1.165, 1.54) is 5.56 Å². The van der Waals surface area contributed by atoms with Gasteiger partial charge in [0.2, 0.25) is 0 Å². The lowest BCUT2D eigenvalue weighted by atomic mass is 10.1. The van der Waals surface area contributed by atoms with Crippen LogP contribution in [-0.4, -0.2) is 15.1 Å². The molecule has 0 atom stereocenters. The van der Waals surface area contributed by atoms with E-state index in [9.17, 15) is 0 Å². The first-order valence-electron chi connectivity index (χ1n) is 6.87. The van der Waals surface area contributed by atoms with Crippen molar-refractivity contribution in [3.8, 4) is 5.75 Å². The Labute approximate surface area is 120 Å². The Morgan fingerprint density at radius 1 is 1.30 bits per heavy atom. The van der Waals surface area contributed by atoms with Gasteiger partial charge in [0.1, 0.15) is 18.2 Å². The summed E-state index contributed by atoms with van der Waals surface area (Å²) in [6, 6.07) is 8.17. The molecule has 0 unspecified atom stereocenters. The Bertz CT molecular complexity index is 555. The third-order valence-electron chi connectivity index (χ3n) is 3.01. The van der Waals surface area contributed by atoms with E-state index in [-0.39, 0.29) is 5.54 Å². The van der Waals surface area contributed by atoms with Crippen LogP contribution in [0.25, 0.3) is 0 Å². The smallest absolute Gasteiger partial charge is 0.146 e. The van der Waals surface area contributed by atoms with E-state index in [0.29, 0.717) is 6.61 Å². The second-order valence-corrected chi connectivity index (χ2v) is 5.99. The molecule has 1 aromatic carbocycles. The van der Waals surface area contributed by atoms with Crippen molar-refractivity contribution in [2.75, 3.05) is 0 Å². The molecule has 108 valence electrons. The Morgan fingerprint density at radius 2 is 2.10 bits per heavy atom. The largest absolute Gasteiger partial charge is 0.486 e. The average Bonchev–Trinajstić information content (AvgIpc) is 2.79. The van der Waals surface area contributed by atoms with Gasteiger partial charge in [0.05, 0.1) is 0 Å². The number of hydrogen-bond donors (Lipinski definition) is 1. The van der Waals surface area contributed by atoms with Crippen LogP contribution in [0.1, 0.15) is 32.2 Å². The molecule has 0 aliphatic rings. The van der Waals surface area contributed by atoms with Gasteiger partial charge in [-0.15, -0.1) is 0 Å². The van der Waals surface area contributed by atoms with Crippen LogP contribution in [0.4, 0.5) is 0 Å². The molecule has 1 N–H and O–H groups in total. The first-order valence-corrected chi connectivity index (χ1v) is 6.87. The molecule has 2 rings (SSSR count). The van der Waals surface area contributed by atoms with Crippen molar-refractivity contribution in [1.82, 2.24) is 14.9 Å². The molecule has 0 saturated heterocycles. The number of imidazole rings is 1. The van der Waals surface area contributed by atoms with Crippen LogP contribution >= 0.6 is 0 Å². The van der Waals surface area contributed by atoms with E-state index in [0.717, 1.165) is 18.1 Å². The quantitative estimate of drug-likeness (QED) is 0.910. The molecule has 1 aromatic heterocycles. The van der Waals surface area contributed by atoms with Crippen LogP contribution in [0, 0.1) is 0 Å². The third kappa shape index (κ3) is 4.38. The maximum absolute atomic E-state index is 5.79. The van der Waals surface area contributed by atoms with Gasteiger partial charge in [0.25, 0.3) is 0 Å². The first-order chi connectivity index (χ1) is 9.44. The van der Waals surface area contributed by atoms with Crippen LogP contribution in [0.15, 0.2) is 36.7 Å². The Balaban J connectivity index is 1.94. The molecule has 0 spiro atoms. The number of benzene rings is 1. The van der Waals surface area contributed by atoms with Gasteiger partial charge in [-0.1, -0.05) is 12.1 Å². The van der Waals surface area contributed by atoms with Gasteiger partial charge in [-0.25, -0.2) is 4.98 Å². The van der Waals surface area contributed by atoms with Crippen molar-refractivity contribution in [2.24, 2.45) is 7.05 Å². The minimum absolute atomic E-state index is 0.115. The molecule has 2 aromatic rings. The number of nitrogens with zero attached hydrogens (tertiary/aromatic N) is 2. The summed E-state index contributed by atoms with van der Waals surface area (Å²) in [6.45, 7) is 7.81. The first kappa shape index (κ1) is 14.6. The maximum atomic E-state index is 5.79. The predicted octanol–water partition coefficient (Wildman–Crippen LogP) is 2.89. The van der Waals surface area contributed by atoms with E-state index in [1.807, 2.05) is 29.9 Å². The molecular weight excluding hydrogens is 250 g/mol. The lowest BCUT2D eigenvalue weighted by molar-refractivity contribution is 0.291. The highest BCUT2D eigenvalue weighted by atomic mass is 16.5. The van der Waals surface area contributed by atoms with Crippen molar-refractivity contribution in [3.63, 3.8) is 0 Å². The van der Waals surface area contributed by atoms with Crippen molar-refractivity contribution < 1.29 is 4.74 Å². The van der Waals surface area contributed by atoms with Gasteiger partial charge >= 0.3 is 0 Å². The highest BCUT2D eigenvalue weighted by molar-refractivity contribution is 5.28. The van der Waals surface area contributed by atoms with Crippen LogP contribution in [0.2, 0.25) is 0 Å². The highest BCUT2D eigenvalue weighted by Gasteiger charge is 2.08. The molecule has 0 saturated carbocycles. The molecule has 4 heteroatoms. The summed E-state index contributed by atoms with van der Waals surface area (Å²) in [5.74, 6) is 1.80. The van der Waals surface area contributed by atoms with Crippen molar-refractivity contribution in [3.05, 3.63) is 48.0 Å². The summed E-state index contributed by atoms with van der Waals surface area (Å²) in [5, 5.41) is 3.47. The second-order valence-electron chi connectivity index (χ2n) is 5.99. The summed E-state index contributed by atoms with van der Waals surface area (Å²) < 4.78 is 7.76. The molecule has 0 fully saturated rings. The van der Waals surface area contributed by atoms with Gasteiger partial charge < -0.3 is 14.6 Å². The minimum atomic E-state index is 0.115. The number of nitrogens with one attached hydrogen (secondary N) is 1. The second kappa shape index (κ2) is 6.09. The third-order valence-corrected chi connectivity index (χ3v) is 3.01. The maximum Gasteiger partial charge on any atom is 0.146 e. The van der Waals surface area contributed by atoms with E-state index < -0.39 is 0 Å². The normalized spacial score (nSPS) is 11.6. The standard InChI is InChI=1S/C16H23N3O/c1-16(2,3)18-11-13-6-5-7-14(10-13)20-12-15-17-8-9-19(15)4/h5-10,18H,11-12H2,1-4H3. The molecule has 0 bridgehead atoms. The summed E-state index contributed by atoms with van der Waals surface area (Å²) >= 11 is 0. The summed E-state index contributed by atoms with van der Waals surface area (Å²) in [5.41, 5.74) is 1.33. The number of ether oxygens (including phenoxy) is 1. The lowest BCUT2D eigenvalue weighted by Gasteiger charge is -2.20. The SMILES string of the molecule is Cn1ccnc1COc1cccc(CNC(C)(C)C)c1. The average molecular weight is 273 g/mol. The van der Waals surface area contributed by atoms with Crippen molar-refractivity contribution in [2.45, 2.75) is 39.5 Å². The summed E-state index contributed by atoms with van der Waals surface area (Å²) in [6.07, 6.45) is 3.70. The topological polar surface area (TPSA) is 39.1 Å². The molecule has 1 heterocycles. The zero-order valence-corrected chi connectivity index (χ0v) is 12.7. The number of hydrogen-bond acceptors (Lipinski definition) is 3. The Morgan fingerprint density at radius 3 is 2.75 bits per heavy atom. The fourth-order valence-electron chi connectivity index (χ4n) is 1.80. The zero-order chi connectivity index (χ0) is 14.6. The van der Waals surface area contributed by atoms with Crippen molar-refractivity contribution in [1.29, 1.82) is 0 Å². The van der Waals surface area contributed by atoms with Gasteiger partial charge in [0, 0.05) is 31.5 Å². The zero-order valence-electron chi connectivity index (χ0n) is 12.7. The van der Waals surface area contributed by atoms with Crippen molar-refractivity contribution >= 4 is 0 Å². The summed E-state index contributed by atoms with van der Waals surface area (Å²) in [4.78, 5) is 4.25. The fourth-order valence-corrected chi connectivity index (χ4v) is 1.80.